The molecule has 0 spiro atoms. The molecule has 0 aromatic heterocycles. The van der Waals surface area contributed by atoms with Crippen molar-refractivity contribution in [3.05, 3.63) is 65.2 Å². The summed E-state index contributed by atoms with van der Waals surface area (Å²) in [7, 11) is 1.79. The van der Waals surface area contributed by atoms with Gasteiger partial charge in [0.25, 0.3) is 0 Å². The highest BCUT2D eigenvalue weighted by Gasteiger charge is 2.61. The van der Waals surface area contributed by atoms with Crippen LogP contribution in [-0.4, -0.2) is 12.2 Å². The van der Waals surface area contributed by atoms with Crippen molar-refractivity contribution in [1.29, 1.82) is 0 Å². The highest BCUT2D eigenvalue weighted by molar-refractivity contribution is 5.47. The number of hydrogen-bond donors (Lipinski definition) is 1. The van der Waals surface area contributed by atoms with Gasteiger partial charge >= 0.3 is 0 Å². The van der Waals surface area contributed by atoms with Gasteiger partial charge in [0.15, 0.2) is 0 Å². The second-order valence-corrected chi connectivity index (χ2v) is 10.7. The van der Waals surface area contributed by atoms with Gasteiger partial charge in [-0.3, -0.25) is 0 Å². The molecule has 0 heterocycles. The zero-order valence-electron chi connectivity index (χ0n) is 17.4. The molecule has 6 rings (SSSR count). The minimum Gasteiger partial charge on any atom is -0.496 e. The summed E-state index contributed by atoms with van der Waals surface area (Å²) in [5.41, 5.74) is 4.36. The molecule has 4 aliphatic rings. The van der Waals surface area contributed by atoms with Crippen LogP contribution in [0.5, 0.6) is 5.75 Å². The van der Waals surface area contributed by atoms with Crippen molar-refractivity contribution in [2.24, 2.45) is 16.7 Å². The third kappa shape index (κ3) is 2.80. The lowest BCUT2D eigenvalue weighted by atomic mass is 9.39. The van der Waals surface area contributed by atoms with E-state index >= 15 is 0 Å². The van der Waals surface area contributed by atoms with Crippen LogP contribution in [0.25, 0.3) is 0 Å². The zero-order valence-corrected chi connectivity index (χ0v) is 17.4. The maximum Gasteiger partial charge on any atom is 0.122 e. The molecular weight excluding hydrogens is 344 g/mol. The average Bonchev–Trinajstić information content (AvgIpc) is 2.65. The van der Waals surface area contributed by atoms with Gasteiger partial charge in [0.05, 0.1) is 7.11 Å². The van der Waals surface area contributed by atoms with Gasteiger partial charge in [-0.2, -0.15) is 0 Å². The number of rotatable bonds is 4. The summed E-state index contributed by atoms with van der Waals surface area (Å²) in [6.45, 7) is 5.03. The van der Waals surface area contributed by atoms with E-state index in [2.05, 4.69) is 26.0 Å². The molecule has 2 aromatic carbocycles. The molecule has 4 saturated carbocycles. The van der Waals surface area contributed by atoms with Crippen LogP contribution in [0.3, 0.4) is 0 Å². The van der Waals surface area contributed by atoms with Crippen molar-refractivity contribution in [2.75, 3.05) is 7.11 Å². The number of hydrogen-bond acceptors (Lipinski definition) is 2. The maximum atomic E-state index is 11.0. The second kappa shape index (κ2) is 6.10. The monoisotopic (exact) mass is 376 g/mol. The van der Waals surface area contributed by atoms with E-state index < -0.39 is 6.10 Å². The number of aliphatic hydroxyl groups excluding tert-OH is 1. The summed E-state index contributed by atoms with van der Waals surface area (Å²) in [6, 6.07) is 16.4. The Morgan fingerprint density at radius 2 is 1.57 bits per heavy atom. The molecule has 4 aliphatic carbocycles. The van der Waals surface area contributed by atoms with Gasteiger partial charge in [0.2, 0.25) is 0 Å². The van der Waals surface area contributed by atoms with Crippen LogP contribution < -0.4 is 4.74 Å². The largest absolute Gasteiger partial charge is 0.496 e. The minimum atomic E-state index is -0.592. The summed E-state index contributed by atoms with van der Waals surface area (Å²) < 4.78 is 5.86. The Kier molecular flexibility index (Phi) is 3.97. The quantitative estimate of drug-likeness (QED) is 0.706. The van der Waals surface area contributed by atoms with E-state index in [0.29, 0.717) is 10.8 Å². The molecule has 3 unspecified atom stereocenters. The molecule has 0 amide bonds. The summed E-state index contributed by atoms with van der Waals surface area (Å²) in [4.78, 5) is 0. The van der Waals surface area contributed by atoms with E-state index in [0.717, 1.165) is 22.8 Å². The van der Waals surface area contributed by atoms with Crippen LogP contribution >= 0.6 is 0 Å². The molecule has 2 nitrogen and oxygen atoms in total. The van der Waals surface area contributed by atoms with Crippen LogP contribution in [0.4, 0.5) is 0 Å². The lowest BCUT2D eigenvalue weighted by molar-refractivity contribution is -0.110. The van der Waals surface area contributed by atoms with Crippen molar-refractivity contribution in [3.8, 4) is 5.75 Å². The standard InChI is InChI=1S/C26H32O2/c1-24-12-18-13-25(2,15-24)17-26(14-18,16-24)21-11-20(9-10-22(21)28-3)23(27)19-7-5-4-6-8-19/h4-11,18,23,27H,12-17H2,1-3H3. The second-order valence-electron chi connectivity index (χ2n) is 10.7. The molecular formula is C26H32O2. The molecule has 1 N–H and O–H groups in total. The molecule has 0 radical (unpaired) electrons. The van der Waals surface area contributed by atoms with E-state index in [1.165, 1.54) is 44.1 Å². The first-order valence-electron chi connectivity index (χ1n) is 10.8. The number of methoxy groups -OCH3 is 1. The first-order chi connectivity index (χ1) is 13.3. The molecule has 148 valence electrons. The summed E-state index contributed by atoms with van der Waals surface area (Å²) in [5, 5.41) is 11.0. The lowest BCUT2D eigenvalue weighted by Gasteiger charge is -2.65. The molecule has 3 atom stereocenters. The van der Waals surface area contributed by atoms with E-state index in [1.807, 2.05) is 36.4 Å². The Morgan fingerprint density at radius 3 is 2.18 bits per heavy atom. The average molecular weight is 377 g/mol. The van der Waals surface area contributed by atoms with Crippen LogP contribution in [0.15, 0.2) is 48.5 Å². The van der Waals surface area contributed by atoms with E-state index in [1.54, 1.807) is 7.11 Å². The maximum absolute atomic E-state index is 11.0. The minimum absolute atomic E-state index is 0.195. The van der Waals surface area contributed by atoms with Gasteiger partial charge in [-0.25, -0.2) is 0 Å². The fourth-order valence-corrected chi connectivity index (χ4v) is 7.89. The first-order valence-corrected chi connectivity index (χ1v) is 10.8. The van der Waals surface area contributed by atoms with E-state index in [-0.39, 0.29) is 5.41 Å². The topological polar surface area (TPSA) is 29.5 Å². The van der Waals surface area contributed by atoms with Crippen molar-refractivity contribution < 1.29 is 9.84 Å². The van der Waals surface area contributed by atoms with Crippen molar-refractivity contribution in [2.45, 2.75) is 63.9 Å². The van der Waals surface area contributed by atoms with Gasteiger partial charge in [0, 0.05) is 11.0 Å². The van der Waals surface area contributed by atoms with Gasteiger partial charge in [-0.15, -0.1) is 0 Å². The van der Waals surface area contributed by atoms with Crippen LogP contribution in [0.1, 0.15) is 75.2 Å². The third-order valence-electron chi connectivity index (χ3n) is 7.85. The molecule has 4 bridgehead atoms. The van der Waals surface area contributed by atoms with Gasteiger partial charge in [0.1, 0.15) is 11.9 Å². The fourth-order valence-electron chi connectivity index (χ4n) is 7.89. The Morgan fingerprint density at radius 1 is 0.893 bits per heavy atom. The highest BCUT2D eigenvalue weighted by Crippen LogP contribution is 2.70. The fraction of sp³-hybridized carbons (Fsp3) is 0.538. The first kappa shape index (κ1) is 18.2. The predicted octanol–water partition coefficient (Wildman–Crippen LogP) is 6.02. The molecule has 2 aromatic rings. The highest BCUT2D eigenvalue weighted by atomic mass is 16.5. The SMILES string of the molecule is COc1ccc(C(O)c2ccccc2)cc1C12CC3CC(C)(CC(C)(C3)C1)C2. The number of ether oxygens (including phenoxy) is 1. The zero-order chi connectivity index (χ0) is 19.6. The summed E-state index contributed by atoms with van der Waals surface area (Å²) in [6.07, 6.45) is 7.34. The Hall–Kier alpha value is -1.80. The van der Waals surface area contributed by atoms with Crippen LogP contribution in [0.2, 0.25) is 0 Å². The third-order valence-corrected chi connectivity index (χ3v) is 7.85. The van der Waals surface area contributed by atoms with E-state index in [4.69, 9.17) is 4.74 Å². The predicted molar refractivity (Wildman–Crippen MR) is 113 cm³/mol. The number of benzene rings is 2. The molecule has 0 saturated heterocycles. The van der Waals surface area contributed by atoms with Gasteiger partial charge < -0.3 is 9.84 Å². The van der Waals surface area contributed by atoms with Gasteiger partial charge in [-0.1, -0.05) is 50.2 Å². The smallest absolute Gasteiger partial charge is 0.122 e. The van der Waals surface area contributed by atoms with Crippen LogP contribution in [-0.2, 0) is 5.41 Å². The Bertz CT molecular complexity index is 869. The molecule has 0 aliphatic heterocycles. The molecule has 28 heavy (non-hydrogen) atoms. The Balaban J connectivity index is 1.60. The summed E-state index contributed by atoms with van der Waals surface area (Å²) in [5.74, 6) is 1.83. The van der Waals surface area contributed by atoms with Crippen LogP contribution in [0, 0.1) is 16.7 Å². The molecule has 4 fully saturated rings. The van der Waals surface area contributed by atoms with Gasteiger partial charge in [-0.05, 0) is 78.5 Å². The van der Waals surface area contributed by atoms with Crippen molar-refractivity contribution in [1.82, 2.24) is 0 Å². The molecule has 2 heteroatoms. The van der Waals surface area contributed by atoms with E-state index in [9.17, 15) is 5.11 Å². The number of aliphatic hydroxyl groups is 1. The van der Waals surface area contributed by atoms with Crippen molar-refractivity contribution in [3.63, 3.8) is 0 Å². The van der Waals surface area contributed by atoms with Crippen molar-refractivity contribution >= 4 is 0 Å². The lowest BCUT2D eigenvalue weighted by Crippen LogP contribution is -2.56. The Labute approximate surface area is 168 Å². The summed E-state index contributed by atoms with van der Waals surface area (Å²) >= 11 is 0. The normalized spacial score (nSPS) is 37.1.